The molecule has 7 heteroatoms. The van der Waals surface area contributed by atoms with Crippen LogP contribution in [-0.2, 0) is 16.1 Å². The number of rotatable bonds is 10. The summed E-state index contributed by atoms with van der Waals surface area (Å²) in [7, 11) is 5.57. The first-order valence-corrected chi connectivity index (χ1v) is 13.1. The quantitative estimate of drug-likeness (QED) is 0.356. The Balaban J connectivity index is 1.31. The van der Waals surface area contributed by atoms with Gasteiger partial charge in [0.1, 0.15) is 11.5 Å². The molecule has 0 saturated heterocycles. The van der Waals surface area contributed by atoms with E-state index in [-0.39, 0.29) is 17.9 Å². The Morgan fingerprint density at radius 2 is 1.42 bits per heavy atom. The van der Waals surface area contributed by atoms with Crippen molar-refractivity contribution in [3.8, 4) is 11.5 Å². The highest BCUT2D eigenvalue weighted by Crippen LogP contribution is 2.27. The molecule has 2 unspecified atom stereocenters. The Kier molecular flexibility index (Phi) is 9.51. The summed E-state index contributed by atoms with van der Waals surface area (Å²) in [5, 5.41) is 3.02. The standard InChI is InChI=1S/C31H37N3O4/c1-33(21-23-13-15-24(16-14-23)31(36)37-3)28-11-7-8-12-29(28)34(2)22-30(35)32-25-17-19-27(20-18-25)38-26-9-5-4-6-10-26/h4-6,9-10,13-20,28-29H,7-8,11-12,21-22H2,1-3H3,(H,32,35). The first-order valence-electron chi connectivity index (χ1n) is 13.1. The second-order valence-electron chi connectivity index (χ2n) is 9.93. The summed E-state index contributed by atoms with van der Waals surface area (Å²) in [4.78, 5) is 29.2. The molecule has 1 aliphatic carbocycles. The SMILES string of the molecule is COC(=O)c1ccc(CN(C)C2CCCCC2N(C)CC(=O)Nc2ccc(Oc3ccccc3)cc2)cc1. The third-order valence-corrected chi connectivity index (χ3v) is 7.14. The highest BCUT2D eigenvalue weighted by atomic mass is 16.5. The highest BCUT2D eigenvalue weighted by Gasteiger charge is 2.32. The Morgan fingerprint density at radius 3 is 2.05 bits per heavy atom. The maximum absolute atomic E-state index is 12.9. The van der Waals surface area contributed by atoms with Crippen LogP contribution >= 0.6 is 0 Å². The first-order chi connectivity index (χ1) is 18.4. The monoisotopic (exact) mass is 515 g/mol. The van der Waals surface area contributed by atoms with E-state index in [2.05, 4.69) is 22.2 Å². The molecule has 0 aliphatic heterocycles. The van der Waals surface area contributed by atoms with Crippen molar-refractivity contribution < 1.29 is 19.1 Å². The van der Waals surface area contributed by atoms with Crippen LogP contribution in [-0.4, -0.2) is 61.5 Å². The van der Waals surface area contributed by atoms with Crippen molar-refractivity contribution >= 4 is 17.6 Å². The zero-order chi connectivity index (χ0) is 26.9. The van der Waals surface area contributed by atoms with Crippen LogP contribution in [0.3, 0.4) is 0 Å². The van der Waals surface area contributed by atoms with Crippen molar-refractivity contribution in [2.45, 2.75) is 44.3 Å². The Hall–Kier alpha value is -3.68. The van der Waals surface area contributed by atoms with Gasteiger partial charge in [-0.05, 0) is 81.0 Å². The van der Waals surface area contributed by atoms with Gasteiger partial charge in [-0.2, -0.15) is 0 Å². The summed E-state index contributed by atoms with van der Waals surface area (Å²) >= 11 is 0. The van der Waals surface area contributed by atoms with Gasteiger partial charge in [-0.25, -0.2) is 4.79 Å². The van der Waals surface area contributed by atoms with Crippen LogP contribution in [0.15, 0.2) is 78.9 Å². The zero-order valence-corrected chi connectivity index (χ0v) is 22.4. The molecular formula is C31H37N3O4. The summed E-state index contributed by atoms with van der Waals surface area (Å²) in [5.74, 6) is 1.14. The van der Waals surface area contributed by atoms with Crippen molar-refractivity contribution in [3.05, 3.63) is 90.0 Å². The average molecular weight is 516 g/mol. The number of carbonyl (C=O) groups is 2. The minimum atomic E-state index is -0.325. The van der Waals surface area contributed by atoms with Crippen molar-refractivity contribution in [2.75, 3.05) is 33.1 Å². The van der Waals surface area contributed by atoms with Crippen LogP contribution in [0.25, 0.3) is 0 Å². The van der Waals surface area contributed by atoms with Gasteiger partial charge in [0.2, 0.25) is 5.91 Å². The molecule has 1 saturated carbocycles. The van der Waals surface area contributed by atoms with Crippen LogP contribution in [0.5, 0.6) is 11.5 Å². The largest absolute Gasteiger partial charge is 0.465 e. The van der Waals surface area contributed by atoms with Crippen LogP contribution < -0.4 is 10.1 Å². The van der Waals surface area contributed by atoms with Crippen LogP contribution in [0.2, 0.25) is 0 Å². The molecule has 3 aromatic carbocycles. The molecule has 38 heavy (non-hydrogen) atoms. The lowest BCUT2D eigenvalue weighted by Gasteiger charge is -2.42. The van der Waals surface area contributed by atoms with Gasteiger partial charge in [-0.1, -0.05) is 43.2 Å². The maximum Gasteiger partial charge on any atom is 0.337 e. The van der Waals surface area contributed by atoms with E-state index >= 15 is 0 Å². The number of hydrogen-bond donors (Lipinski definition) is 1. The number of ether oxygens (including phenoxy) is 2. The summed E-state index contributed by atoms with van der Waals surface area (Å²) in [6.45, 7) is 1.10. The number of benzene rings is 3. The number of methoxy groups -OCH3 is 1. The summed E-state index contributed by atoms with van der Waals surface area (Å²) in [6.07, 6.45) is 4.50. The molecule has 3 aromatic rings. The van der Waals surface area contributed by atoms with E-state index in [0.29, 0.717) is 18.2 Å². The molecule has 0 radical (unpaired) electrons. The average Bonchev–Trinajstić information content (AvgIpc) is 2.94. The minimum Gasteiger partial charge on any atom is -0.465 e. The van der Waals surface area contributed by atoms with Gasteiger partial charge in [0.05, 0.1) is 19.2 Å². The second-order valence-corrected chi connectivity index (χ2v) is 9.93. The van der Waals surface area contributed by atoms with E-state index in [0.717, 1.165) is 48.6 Å². The fourth-order valence-electron chi connectivity index (χ4n) is 5.16. The van der Waals surface area contributed by atoms with Crippen molar-refractivity contribution in [1.82, 2.24) is 9.80 Å². The van der Waals surface area contributed by atoms with Crippen molar-refractivity contribution in [2.24, 2.45) is 0 Å². The van der Waals surface area contributed by atoms with E-state index in [1.165, 1.54) is 13.5 Å². The van der Waals surface area contributed by atoms with Gasteiger partial charge in [0, 0.05) is 24.3 Å². The first kappa shape index (κ1) is 27.4. The molecule has 1 aliphatic rings. The van der Waals surface area contributed by atoms with Gasteiger partial charge >= 0.3 is 5.97 Å². The van der Waals surface area contributed by atoms with Gasteiger partial charge in [-0.3, -0.25) is 14.6 Å². The topological polar surface area (TPSA) is 71.1 Å². The fourth-order valence-corrected chi connectivity index (χ4v) is 5.16. The molecular weight excluding hydrogens is 478 g/mol. The Labute approximate surface area is 225 Å². The second kappa shape index (κ2) is 13.2. The van der Waals surface area contributed by atoms with Gasteiger partial charge in [0.25, 0.3) is 0 Å². The number of hydrogen-bond acceptors (Lipinski definition) is 6. The minimum absolute atomic E-state index is 0.0328. The van der Waals surface area contributed by atoms with E-state index < -0.39 is 0 Å². The number of carbonyl (C=O) groups excluding carboxylic acids is 2. The highest BCUT2D eigenvalue weighted by molar-refractivity contribution is 5.92. The molecule has 0 aromatic heterocycles. The van der Waals surface area contributed by atoms with Crippen LogP contribution in [0.1, 0.15) is 41.6 Å². The maximum atomic E-state index is 12.9. The normalized spacial score (nSPS) is 17.3. The zero-order valence-electron chi connectivity index (χ0n) is 22.4. The third kappa shape index (κ3) is 7.43. The molecule has 7 nitrogen and oxygen atoms in total. The molecule has 0 heterocycles. The number of para-hydroxylation sites is 1. The number of esters is 1. The molecule has 0 spiro atoms. The lowest BCUT2D eigenvalue weighted by molar-refractivity contribution is -0.118. The van der Waals surface area contributed by atoms with Crippen molar-refractivity contribution in [1.29, 1.82) is 0 Å². The molecule has 2 atom stereocenters. The van der Waals surface area contributed by atoms with Crippen LogP contribution in [0, 0.1) is 0 Å². The lowest BCUT2D eigenvalue weighted by atomic mass is 9.88. The number of likely N-dealkylation sites (N-methyl/N-ethyl adjacent to an activating group) is 2. The van der Waals surface area contributed by atoms with Gasteiger partial charge in [0.15, 0.2) is 0 Å². The predicted molar refractivity (Wildman–Crippen MR) is 150 cm³/mol. The predicted octanol–water partition coefficient (Wildman–Crippen LogP) is 5.58. The fraction of sp³-hybridized carbons (Fsp3) is 0.355. The number of amides is 1. The van der Waals surface area contributed by atoms with E-state index in [1.807, 2.05) is 85.9 Å². The molecule has 200 valence electrons. The van der Waals surface area contributed by atoms with Gasteiger partial charge in [-0.15, -0.1) is 0 Å². The van der Waals surface area contributed by atoms with Crippen LogP contribution in [0.4, 0.5) is 5.69 Å². The van der Waals surface area contributed by atoms with E-state index in [9.17, 15) is 9.59 Å². The summed E-state index contributed by atoms with van der Waals surface area (Å²) in [6, 6.07) is 25.3. The van der Waals surface area contributed by atoms with E-state index in [4.69, 9.17) is 9.47 Å². The Bertz CT molecular complexity index is 1180. The number of nitrogens with zero attached hydrogens (tertiary/aromatic N) is 2. The lowest BCUT2D eigenvalue weighted by Crippen LogP contribution is -2.52. The molecule has 1 N–H and O–H groups in total. The molecule has 0 bridgehead atoms. The third-order valence-electron chi connectivity index (χ3n) is 7.14. The summed E-state index contributed by atoms with van der Waals surface area (Å²) < 4.78 is 10.6. The molecule has 1 fully saturated rings. The van der Waals surface area contributed by atoms with E-state index in [1.54, 1.807) is 0 Å². The number of anilines is 1. The van der Waals surface area contributed by atoms with Crippen molar-refractivity contribution in [3.63, 3.8) is 0 Å². The number of nitrogens with one attached hydrogen (secondary N) is 1. The summed E-state index contributed by atoms with van der Waals surface area (Å²) in [5.41, 5.74) is 2.44. The van der Waals surface area contributed by atoms with Gasteiger partial charge < -0.3 is 14.8 Å². The Morgan fingerprint density at radius 1 is 0.816 bits per heavy atom. The smallest absolute Gasteiger partial charge is 0.337 e. The molecule has 1 amide bonds. The molecule has 4 rings (SSSR count).